The Morgan fingerprint density at radius 2 is 1.27 bits per heavy atom. The van der Waals surface area contributed by atoms with Crippen LogP contribution in [0.25, 0.3) is 11.1 Å². The van der Waals surface area contributed by atoms with E-state index in [9.17, 15) is 0 Å². The zero-order valence-corrected chi connectivity index (χ0v) is 33.2. The summed E-state index contributed by atoms with van der Waals surface area (Å²) >= 11 is 0. The van der Waals surface area contributed by atoms with Crippen molar-refractivity contribution in [2.24, 2.45) is 0 Å². The molecule has 0 aromatic heterocycles. The minimum absolute atomic E-state index is 0.0854. The SMILES string of the molecule is CC(C)(C)[Si](C)(C)Oc1ccc2c(c1)OC(c1ccc(OCCN3CCOCC3)cc1)C1=C2COc2cc(O[Si](C)(C)C(C)(C)C)ccc21. The molecule has 7 nitrogen and oxygen atoms in total. The highest BCUT2D eigenvalue weighted by molar-refractivity contribution is 6.75. The number of rotatable bonds is 9. The van der Waals surface area contributed by atoms with Gasteiger partial charge in [-0.2, -0.15) is 0 Å². The molecule has 1 saturated heterocycles. The van der Waals surface area contributed by atoms with E-state index >= 15 is 0 Å². The first-order chi connectivity index (χ1) is 23.0. The average Bonchev–Trinajstić information content (AvgIpc) is 3.03. The average molecular weight is 702 g/mol. The van der Waals surface area contributed by atoms with Gasteiger partial charge in [0.15, 0.2) is 6.10 Å². The molecule has 0 radical (unpaired) electrons. The molecule has 3 aromatic rings. The maximum Gasteiger partial charge on any atom is 0.250 e. The van der Waals surface area contributed by atoms with Crippen molar-refractivity contribution >= 4 is 27.8 Å². The molecule has 6 rings (SSSR count). The van der Waals surface area contributed by atoms with Crippen LogP contribution in [-0.4, -0.2) is 67.6 Å². The Labute approximate surface area is 295 Å². The number of hydrogen-bond acceptors (Lipinski definition) is 7. The topological polar surface area (TPSA) is 58.6 Å². The third-order valence-electron chi connectivity index (χ3n) is 11.0. The zero-order chi connectivity index (χ0) is 35.2. The van der Waals surface area contributed by atoms with Crippen molar-refractivity contribution in [3.8, 4) is 28.7 Å². The summed E-state index contributed by atoms with van der Waals surface area (Å²) in [4.78, 5) is 2.38. The normalized spacial score (nSPS) is 18.4. The fourth-order valence-corrected chi connectivity index (χ4v) is 7.95. The van der Waals surface area contributed by atoms with E-state index in [0.29, 0.717) is 13.2 Å². The molecule has 1 atom stereocenters. The van der Waals surface area contributed by atoms with E-state index in [1.807, 2.05) is 0 Å². The Kier molecular flexibility index (Phi) is 9.78. The molecule has 9 heteroatoms. The summed E-state index contributed by atoms with van der Waals surface area (Å²) in [7, 11) is -4.06. The molecule has 0 saturated carbocycles. The van der Waals surface area contributed by atoms with Gasteiger partial charge in [-0.3, -0.25) is 4.90 Å². The number of nitrogens with zero attached hydrogens (tertiary/aromatic N) is 1. The number of benzene rings is 3. The molecule has 0 amide bonds. The van der Waals surface area contributed by atoms with Crippen LogP contribution < -0.4 is 23.1 Å². The second-order valence-corrected chi connectivity index (χ2v) is 26.0. The van der Waals surface area contributed by atoms with Gasteiger partial charge >= 0.3 is 0 Å². The Balaban J connectivity index is 1.33. The minimum atomic E-state index is -2.04. The summed E-state index contributed by atoms with van der Waals surface area (Å²) in [5.41, 5.74) is 5.41. The number of hydrogen-bond donors (Lipinski definition) is 0. The van der Waals surface area contributed by atoms with Crippen molar-refractivity contribution in [1.29, 1.82) is 0 Å². The molecule has 3 aromatic carbocycles. The van der Waals surface area contributed by atoms with Crippen molar-refractivity contribution in [2.45, 2.75) is 83.9 Å². The zero-order valence-electron chi connectivity index (χ0n) is 31.2. The first-order valence-electron chi connectivity index (χ1n) is 17.7. The maximum atomic E-state index is 6.98. The van der Waals surface area contributed by atoms with Gasteiger partial charge in [0.25, 0.3) is 0 Å². The maximum absolute atomic E-state index is 6.98. The van der Waals surface area contributed by atoms with Crippen molar-refractivity contribution < 1.29 is 27.8 Å². The highest BCUT2D eigenvalue weighted by atomic mass is 28.4. The lowest BCUT2D eigenvalue weighted by atomic mass is 9.84. The standard InChI is InChI=1S/C40H55NO6Si2/c1-39(2,3)48(7,8)46-30-16-18-33-35(25-30)44-27-34-32-17-15-31(47-49(9,10)40(4,5)6)26-36(32)45-38(37(33)34)28-11-13-29(14-12-28)43-24-21-41-19-22-42-23-20-41/h11-18,25-26,38H,19-24,27H2,1-10H3. The lowest BCUT2D eigenvalue weighted by Crippen LogP contribution is -2.43. The van der Waals surface area contributed by atoms with Gasteiger partial charge in [0.2, 0.25) is 16.6 Å². The Morgan fingerprint density at radius 1 is 0.714 bits per heavy atom. The predicted molar refractivity (Wildman–Crippen MR) is 203 cm³/mol. The smallest absolute Gasteiger partial charge is 0.250 e. The molecule has 264 valence electrons. The summed E-state index contributed by atoms with van der Waals surface area (Å²) in [5, 5.41) is 0.180. The van der Waals surface area contributed by atoms with E-state index in [-0.39, 0.29) is 16.2 Å². The quantitative estimate of drug-likeness (QED) is 0.206. The molecule has 1 fully saturated rings. The summed E-state index contributed by atoms with van der Waals surface area (Å²) in [5.74, 6) is 4.20. The van der Waals surface area contributed by atoms with Gasteiger partial charge in [-0.1, -0.05) is 53.7 Å². The first-order valence-corrected chi connectivity index (χ1v) is 23.6. The van der Waals surface area contributed by atoms with Gasteiger partial charge in [-0.15, -0.1) is 0 Å². The van der Waals surface area contributed by atoms with Crippen LogP contribution in [0.5, 0.6) is 28.7 Å². The second-order valence-electron chi connectivity index (χ2n) is 16.6. The van der Waals surface area contributed by atoms with E-state index in [0.717, 1.165) is 89.4 Å². The van der Waals surface area contributed by atoms with E-state index in [1.54, 1.807) is 0 Å². The lowest BCUT2D eigenvalue weighted by Gasteiger charge is -2.38. The van der Waals surface area contributed by atoms with Crippen LogP contribution in [0, 0.1) is 0 Å². The van der Waals surface area contributed by atoms with Crippen LogP contribution in [0.2, 0.25) is 36.3 Å². The van der Waals surface area contributed by atoms with Gasteiger partial charge in [0, 0.05) is 54.0 Å². The second kappa shape index (κ2) is 13.5. The van der Waals surface area contributed by atoms with Gasteiger partial charge in [0.05, 0.1) is 13.2 Å². The van der Waals surface area contributed by atoms with Gasteiger partial charge in [-0.05, 0) is 78.2 Å². The Bertz CT molecular complexity index is 1680. The molecule has 0 N–H and O–H groups in total. The number of morpholine rings is 1. The molecule has 49 heavy (non-hydrogen) atoms. The molecular formula is C40H55NO6Si2. The van der Waals surface area contributed by atoms with Crippen molar-refractivity contribution in [1.82, 2.24) is 4.90 Å². The van der Waals surface area contributed by atoms with E-state index in [1.165, 1.54) is 0 Å². The van der Waals surface area contributed by atoms with Crippen LogP contribution in [0.15, 0.2) is 60.7 Å². The van der Waals surface area contributed by atoms with Crippen molar-refractivity contribution in [2.75, 3.05) is 46.1 Å². The Morgan fingerprint density at radius 3 is 1.86 bits per heavy atom. The molecule has 0 aliphatic carbocycles. The van der Waals surface area contributed by atoms with Gasteiger partial charge in [-0.25, -0.2) is 0 Å². The molecule has 1 unspecified atom stereocenters. The molecular weight excluding hydrogens is 647 g/mol. The number of fused-ring (bicyclic) bond motifs is 4. The summed E-state index contributed by atoms with van der Waals surface area (Å²) in [6.07, 6.45) is -0.331. The largest absolute Gasteiger partial charge is 0.543 e. The summed E-state index contributed by atoms with van der Waals surface area (Å²) < 4.78 is 38.5. The highest BCUT2D eigenvalue weighted by Crippen LogP contribution is 2.53. The molecule has 3 aliphatic rings. The first kappa shape index (κ1) is 35.6. The monoisotopic (exact) mass is 701 g/mol. The fraction of sp³-hybridized carbons (Fsp3) is 0.500. The summed E-state index contributed by atoms with van der Waals surface area (Å²) in [6.45, 7) is 28.1. The van der Waals surface area contributed by atoms with Crippen LogP contribution in [0.3, 0.4) is 0 Å². The van der Waals surface area contributed by atoms with E-state index < -0.39 is 16.6 Å². The van der Waals surface area contributed by atoms with Crippen LogP contribution >= 0.6 is 0 Å². The van der Waals surface area contributed by atoms with Gasteiger partial charge < -0.3 is 27.8 Å². The van der Waals surface area contributed by atoms with Crippen LogP contribution in [-0.2, 0) is 4.74 Å². The van der Waals surface area contributed by atoms with Crippen LogP contribution in [0.4, 0.5) is 0 Å². The Hall–Kier alpha value is -3.25. The summed E-state index contributed by atoms with van der Waals surface area (Å²) in [6, 6.07) is 21.0. The third kappa shape index (κ3) is 7.60. The molecule has 0 bridgehead atoms. The number of ether oxygens (including phenoxy) is 4. The van der Waals surface area contributed by atoms with Crippen LogP contribution in [0.1, 0.15) is 64.3 Å². The lowest BCUT2D eigenvalue weighted by molar-refractivity contribution is 0.0322. The highest BCUT2D eigenvalue weighted by Gasteiger charge is 2.41. The fourth-order valence-electron chi connectivity index (χ4n) is 5.91. The van der Waals surface area contributed by atoms with Gasteiger partial charge in [0.1, 0.15) is 42.0 Å². The third-order valence-corrected chi connectivity index (χ3v) is 19.8. The predicted octanol–water partition coefficient (Wildman–Crippen LogP) is 9.60. The van der Waals surface area contributed by atoms with Crippen molar-refractivity contribution in [3.63, 3.8) is 0 Å². The minimum Gasteiger partial charge on any atom is -0.543 e. The molecule has 3 aliphatic heterocycles. The van der Waals surface area contributed by atoms with Crippen molar-refractivity contribution in [3.05, 3.63) is 77.4 Å². The molecule has 3 heterocycles. The van der Waals surface area contributed by atoms with E-state index in [2.05, 4.69) is 133 Å². The van der Waals surface area contributed by atoms with E-state index in [4.69, 9.17) is 27.8 Å². The molecule has 0 spiro atoms.